The van der Waals surface area contributed by atoms with E-state index in [1.165, 1.54) is 18.5 Å². The predicted molar refractivity (Wildman–Crippen MR) is 72.4 cm³/mol. The molecule has 0 aliphatic rings. The third kappa shape index (κ3) is 3.56. The maximum atomic E-state index is 10.7. The fourth-order valence-electron chi connectivity index (χ4n) is 1.46. The van der Waals surface area contributed by atoms with Crippen molar-refractivity contribution < 1.29 is 15.0 Å². The summed E-state index contributed by atoms with van der Waals surface area (Å²) in [6.07, 6.45) is 1.42. The van der Waals surface area contributed by atoms with Crippen molar-refractivity contribution in [1.82, 2.24) is 9.97 Å². The Morgan fingerprint density at radius 2 is 2.00 bits per heavy atom. The van der Waals surface area contributed by atoms with Crippen LogP contribution in [0.15, 0.2) is 30.6 Å². The standard InChI is InChI=1S/C12H11N3O3.ClH/c1-7-4-11(14-6-13-7)15-8-2-3-9(12(17)18)10(16)5-8;/h2-6,16H,1H3,(H,17,18)(H,13,14,15);1H. The average molecular weight is 282 g/mol. The molecule has 0 amide bonds. The largest absolute Gasteiger partial charge is 0.507 e. The van der Waals surface area contributed by atoms with Gasteiger partial charge in [0.2, 0.25) is 0 Å². The minimum absolute atomic E-state index is 0. The summed E-state index contributed by atoms with van der Waals surface area (Å²) in [6, 6.07) is 5.96. The lowest BCUT2D eigenvalue weighted by Gasteiger charge is -2.07. The molecule has 1 aromatic carbocycles. The summed E-state index contributed by atoms with van der Waals surface area (Å²) >= 11 is 0. The lowest BCUT2D eigenvalue weighted by atomic mass is 10.2. The number of phenols is 1. The van der Waals surface area contributed by atoms with Crippen LogP contribution in [0.3, 0.4) is 0 Å². The summed E-state index contributed by atoms with van der Waals surface area (Å²) in [7, 11) is 0. The SMILES string of the molecule is Cc1cc(Nc2ccc(C(=O)O)c(O)c2)ncn1.Cl. The molecule has 0 spiro atoms. The number of hydrogen-bond donors (Lipinski definition) is 3. The number of nitrogens with one attached hydrogen (secondary N) is 1. The molecule has 0 aliphatic heterocycles. The fraction of sp³-hybridized carbons (Fsp3) is 0.0833. The van der Waals surface area contributed by atoms with Crippen molar-refractivity contribution in [3.8, 4) is 5.75 Å². The number of carboxylic acid groups (broad SMARTS) is 1. The number of benzene rings is 1. The molecule has 7 heteroatoms. The van der Waals surface area contributed by atoms with Crippen LogP contribution in [0, 0.1) is 6.92 Å². The van der Waals surface area contributed by atoms with Crippen molar-refractivity contribution in [3.63, 3.8) is 0 Å². The van der Waals surface area contributed by atoms with Gasteiger partial charge >= 0.3 is 5.97 Å². The van der Waals surface area contributed by atoms with Gasteiger partial charge in [-0.3, -0.25) is 0 Å². The van der Waals surface area contributed by atoms with E-state index in [9.17, 15) is 9.90 Å². The van der Waals surface area contributed by atoms with Crippen molar-refractivity contribution in [2.45, 2.75) is 6.92 Å². The number of aromatic carboxylic acids is 1. The van der Waals surface area contributed by atoms with Crippen LogP contribution in [0.5, 0.6) is 5.75 Å². The van der Waals surface area contributed by atoms with E-state index >= 15 is 0 Å². The number of halogens is 1. The van der Waals surface area contributed by atoms with Crippen LogP contribution in [0.4, 0.5) is 11.5 Å². The van der Waals surface area contributed by atoms with E-state index in [0.29, 0.717) is 11.5 Å². The van der Waals surface area contributed by atoms with E-state index in [1.54, 1.807) is 12.1 Å². The molecular formula is C12H12ClN3O3. The highest BCUT2D eigenvalue weighted by Crippen LogP contribution is 2.23. The number of anilines is 2. The molecule has 0 aliphatic carbocycles. The molecule has 0 atom stereocenters. The van der Waals surface area contributed by atoms with Gasteiger partial charge in [-0.2, -0.15) is 0 Å². The normalized spacial score (nSPS) is 9.53. The van der Waals surface area contributed by atoms with Gasteiger partial charge in [0.15, 0.2) is 0 Å². The van der Waals surface area contributed by atoms with Crippen LogP contribution in [-0.4, -0.2) is 26.2 Å². The molecule has 19 heavy (non-hydrogen) atoms. The smallest absolute Gasteiger partial charge is 0.339 e. The van der Waals surface area contributed by atoms with Crippen molar-refractivity contribution in [3.05, 3.63) is 41.9 Å². The molecule has 0 unspecified atom stereocenters. The van der Waals surface area contributed by atoms with Crippen LogP contribution >= 0.6 is 12.4 Å². The molecule has 100 valence electrons. The van der Waals surface area contributed by atoms with E-state index in [0.717, 1.165) is 5.69 Å². The van der Waals surface area contributed by atoms with Gasteiger partial charge in [0.1, 0.15) is 23.5 Å². The molecule has 6 nitrogen and oxygen atoms in total. The van der Waals surface area contributed by atoms with Crippen LogP contribution in [-0.2, 0) is 0 Å². The minimum atomic E-state index is -1.17. The number of carboxylic acids is 1. The van der Waals surface area contributed by atoms with Gasteiger partial charge in [-0.05, 0) is 19.1 Å². The second-order valence-electron chi connectivity index (χ2n) is 3.71. The molecule has 1 aromatic heterocycles. The van der Waals surface area contributed by atoms with Gasteiger partial charge in [-0.25, -0.2) is 14.8 Å². The molecule has 2 aromatic rings. The monoisotopic (exact) mass is 281 g/mol. The maximum absolute atomic E-state index is 10.7. The molecular weight excluding hydrogens is 270 g/mol. The summed E-state index contributed by atoms with van der Waals surface area (Å²) in [4.78, 5) is 18.7. The number of hydrogen-bond acceptors (Lipinski definition) is 5. The molecule has 1 heterocycles. The molecule has 0 fully saturated rings. The first-order valence-corrected chi connectivity index (χ1v) is 5.18. The second-order valence-corrected chi connectivity index (χ2v) is 3.71. The molecule has 0 saturated heterocycles. The van der Waals surface area contributed by atoms with Crippen LogP contribution in [0.1, 0.15) is 16.1 Å². The van der Waals surface area contributed by atoms with E-state index in [2.05, 4.69) is 15.3 Å². The summed E-state index contributed by atoms with van der Waals surface area (Å²) in [5.41, 5.74) is 1.22. The van der Waals surface area contributed by atoms with E-state index < -0.39 is 5.97 Å². The first kappa shape index (κ1) is 14.7. The Hall–Kier alpha value is -2.34. The first-order chi connectivity index (χ1) is 8.56. The lowest BCUT2D eigenvalue weighted by molar-refractivity contribution is 0.0694. The summed E-state index contributed by atoms with van der Waals surface area (Å²) < 4.78 is 0. The van der Waals surface area contributed by atoms with Crippen molar-refractivity contribution >= 4 is 29.9 Å². The molecule has 0 radical (unpaired) electrons. The highest BCUT2D eigenvalue weighted by atomic mass is 35.5. The van der Waals surface area contributed by atoms with Gasteiger partial charge in [0, 0.05) is 23.5 Å². The van der Waals surface area contributed by atoms with E-state index in [1.807, 2.05) is 6.92 Å². The number of carbonyl (C=O) groups is 1. The minimum Gasteiger partial charge on any atom is -0.507 e. The van der Waals surface area contributed by atoms with Crippen molar-refractivity contribution in [1.29, 1.82) is 0 Å². The Morgan fingerprint density at radius 1 is 1.26 bits per heavy atom. The van der Waals surface area contributed by atoms with Crippen LogP contribution in [0.25, 0.3) is 0 Å². The molecule has 3 N–H and O–H groups in total. The van der Waals surface area contributed by atoms with Gasteiger partial charge in [0.05, 0.1) is 0 Å². The predicted octanol–water partition coefficient (Wildman–Crippen LogP) is 2.35. The summed E-state index contributed by atoms with van der Waals surface area (Å²) in [5, 5.41) is 21.3. The number of aromatic hydroxyl groups is 1. The Kier molecular flexibility index (Phi) is 4.66. The zero-order chi connectivity index (χ0) is 13.1. The third-order valence-corrected chi connectivity index (χ3v) is 2.30. The van der Waals surface area contributed by atoms with Crippen molar-refractivity contribution in [2.24, 2.45) is 0 Å². The molecule has 0 saturated carbocycles. The average Bonchev–Trinajstić information content (AvgIpc) is 2.28. The number of rotatable bonds is 3. The maximum Gasteiger partial charge on any atom is 0.339 e. The first-order valence-electron chi connectivity index (χ1n) is 5.18. The van der Waals surface area contributed by atoms with Gasteiger partial charge < -0.3 is 15.5 Å². The molecule has 0 bridgehead atoms. The Balaban J connectivity index is 0.00000180. The van der Waals surface area contributed by atoms with Gasteiger partial charge in [0.25, 0.3) is 0 Å². The number of nitrogens with zero attached hydrogens (tertiary/aromatic N) is 2. The molecule has 2 rings (SSSR count). The van der Waals surface area contributed by atoms with Crippen LogP contribution < -0.4 is 5.32 Å². The van der Waals surface area contributed by atoms with Crippen molar-refractivity contribution in [2.75, 3.05) is 5.32 Å². The van der Waals surface area contributed by atoms with Gasteiger partial charge in [-0.1, -0.05) is 0 Å². The Bertz CT molecular complexity index is 605. The number of aromatic nitrogens is 2. The highest BCUT2D eigenvalue weighted by molar-refractivity contribution is 5.91. The second kappa shape index (κ2) is 6.01. The van der Waals surface area contributed by atoms with E-state index in [4.69, 9.17) is 5.11 Å². The zero-order valence-corrected chi connectivity index (χ0v) is 10.8. The summed E-state index contributed by atoms with van der Waals surface area (Å²) in [5.74, 6) is -0.889. The highest BCUT2D eigenvalue weighted by Gasteiger charge is 2.09. The lowest BCUT2D eigenvalue weighted by Crippen LogP contribution is -1.99. The zero-order valence-electron chi connectivity index (χ0n) is 9.99. The Morgan fingerprint density at radius 3 is 2.58 bits per heavy atom. The van der Waals surface area contributed by atoms with Crippen LogP contribution in [0.2, 0.25) is 0 Å². The fourth-order valence-corrected chi connectivity index (χ4v) is 1.46. The third-order valence-electron chi connectivity index (χ3n) is 2.30. The topological polar surface area (TPSA) is 95.3 Å². The summed E-state index contributed by atoms with van der Waals surface area (Å²) in [6.45, 7) is 1.83. The quantitative estimate of drug-likeness (QED) is 0.799. The van der Waals surface area contributed by atoms with E-state index in [-0.39, 0.29) is 23.7 Å². The number of aryl methyl sites for hydroxylation is 1. The Labute approximate surface area is 115 Å². The van der Waals surface area contributed by atoms with Gasteiger partial charge in [-0.15, -0.1) is 12.4 Å².